The van der Waals surface area contributed by atoms with Crippen LogP contribution < -0.4 is 10.2 Å². The van der Waals surface area contributed by atoms with E-state index in [1.54, 1.807) is 74.5 Å². The topological polar surface area (TPSA) is 70.8 Å². The van der Waals surface area contributed by atoms with Crippen molar-refractivity contribution in [1.82, 2.24) is 0 Å². The zero-order chi connectivity index (χ0) is 32.3. The van der Waals surface area contributed by atoms with Gasteiger partial charge in [0.05, 0.1) is 22.5 Å². The van der Waals surface area contributed by atoms with Crippen LogP contribution in [-0.2, 0) is 29.1 Å². The molecule has 0 atom stereocenters. The van der Waals surface area contributed by atoms with Gasteiger partial charge in [0.2, 0.25) is 0 Å². The Bertz CT molecular complexity index is 1500. The fraction of sp³-hybridized carbons (Fsp3) is 0.118. The van der Waals surface area contributed by atoms with Crippen molar-refractivity contribution in [3.63, 3.8) is 0 Å². The summed E-state index contributed by atoms with van der Waals surface area (Å²) in [6.45, 7) is 3.25. The van der Waals surface area contributed by atoms with Gasteiger partial charge >= 0.3 is 29.1 Å². The number of hydrogen-bond acceptors (Lipinski definition) is 4. The summed E-state index contributed by atoms with van der Waals surface area (Å²) in [6.07, 6.45) is -6.03. The zero-order valence-corrected chi connectivity index (χ0v) is 24.9. The van der Waals surface area contributed by atoms with Crippen molar-refractivity contribution in [3.05, 3.63) is 144 Å². The van der Waals surface area contributed by atoms with Crippen LogP contribution >= 0.6 is 0 Å². The first-order valence-electron chi connectivity index (χ1n) is 13.1. The van der Waals surface area contributed by atoms with Crippen molar-refractivity contribution >= 4 is 34.3 Å². The monoisotopic (exact) mass is 667 g/mol. The number of halogens is 6. The maximum atomic E-state index is 12.5. The summed E-state index contributed by atoms with van der Waals surface area (Å²) >= 11 is 0. The fourth-order valence-corrected chi connectivity index (χ4v) is 3.67. The Morgan fingerprint density at radius 2 is 0.800 bits per heavy atom. The largest absolute Gasteiger partial charge is 2.00 e. The molecule has 1 radical (unpaired) electrons. The molecule has 4 nitrogen and oxygen atoms in total. The molecular formula is C34H26CoF6N2O2. The Morgan fingerprint density at radius 1 is 0.511 bits per heavy atom. The third kappa shape index (κ3) is 12.1. The molecule has 0 aromatic heterocycles. The Kier molecular flexibility index (Phi) is 13.4. The second kappa shape index (κ2) is 16.5. The van der Waals surface area contributed by atoms with Crippen LogP contribution in [0.5, 0.6) is 0 Å². The minimum absolute atomic E-state index is 0. The molecular weight excluding hydrogens is 641 g/mol. The molecule has 0 aliphatic carbocycles. The van der Waals surface area contributed by atoms with Gasteiger partial charge in [-0.3, -0.25) is 9.98 Å². The van der Waals surface area contributed by atoms with Crippen LogP contribution in [0.4, 0.5) is 37.7 Å². The van der Waals surface area contributed by atoms with Gasteiger partial charge in [-0.25, -0.2) is 0 Å². The van der Waals surface area contributed by atoms with Crippen LogP contribution in [0.15, 0.2) is 131 Å². The molecule has 11 heteroatoms. The van der Waals surface area contributed by atoms with Crippen LogP contribution in [0.25, 0.3) is 11.5 Å². The molecule has 0 amide bonds. The minimum Gasteiger partial charge on any atom is -0.872 e. The molecule has 0 saturated heterocycles. The van der Waals surface area contributed by atoms with Gasteiger partial charge in [-0.1, -0.05) is 72.2 Å². The third-order valence-corrected chi connectivity index (χ3v) is 5.80. The average molecular weight is 668 g/mol. The molecule has 235 valence electrons. The SMILES string of the molecule is CC(/C=C(\[O-])c1ccccc1)=Nc1ccc(C(F)(F)F)cc1.CC(/C=C(\[O-])c1ccccc1)=Nc1ccc(C(F)(F)F)cc1.[Co+2]. The van der Waals surface area contributed by atoms with Crippen LogP contribution in [0.3, 0.4) is 0 Å². The summed E-state index contributed by atoms with van der Waals surface area (Å²) in [6, 6.07) is 26.3. The molecule has 45 heavy (non-hydrogen) atoms. The average Bonchev–Trinajstić information content (AvgIpc) is 2.98. The molecule has 4 rings (SSSR count). The van der Waals surface area contributed by atoms with Gasteiger partial charge in [-0.2, -0.15) is 26.3 Å². The second-order valence-electron chi connectivity index (χ2n) is 9.34. The molecule has 0 fully saturated rings. The summed E-state index contributed by atoms with van der Waals surface area (Å²) in [5.41, 5.74) is 1.18. The van der Waals surface area contributed by atoms with Crippen molar-refractivity contribution in [2.45, 2.75) is 26.2 Å². The van der Waals surface area contributed by atoms with E-state index in [1.807, 2.05) is 0 Å². The number of alkyl halides is 6. The first-order chi connectivity index (χ1) is 20.7. The van der Waals surface area contributed by atoms with Crippen molar-refractivity contribution in [1.29, 1.82) is 0 Å². The van der Waals surface area contributed by atoms with Crippen LogP contribution in [-0.4, -0.2) is 11.4 Å². The van der Waals surface area contributed by atoms with Gasteiger partial charge in [-0.15, -0.1) is 0 Å². The van der Waals surface area contributed by atoms with E-state index >= 15 is 0 Å². The molecule has 0 bridgehead atoms. The van der Waals surface area contributed by atoms with Crippen molar-refractivity contribution in [3.8, 4) is 0 Å². The number of nitrogens with zero attached hydrogens (tertiary/aromatic N) is 2. The van der Waals surface area contributed by atoms with Crippen LogP contribution in [0.2, 0.25) is 0 Å². The third-order valence-electron chi connectivity index (χ3n) is 5.80. The van der Waals surface area contributed by atoms with E-state index in [1.165, 1.54) is 36.4 Å². The molecule has 0 aliphatic heterocycles. The quantitative estimate of drug-likeness (QED) is 0.118. The van der Waals surface area contributed by atoms with E-state index in [4.69, 9.17) is 0 Å². The molecule has 0 unspecified atom stereocenters. The normalized spacial score (nSPS) is 13.0. The van der Waals surface area contributed by atoms with Gasteiger partial charge in [0, 0.05) is 11.4 Å². The first kappa shape index (κ1) is 36.6. The van der Waals surface area contributed by atoms with E-state index in [0.717, 1.165) is 24.3 Å². The standard InChI is InChI=1S/2C17H14F3NO.Co/c2*1-12(11-16(22)13-5-3-2-4-6-13)21-15-9-7-14(8-10-15)17(18,19)20;/h2*2-11,22H,1H3;/q;;+2/p-2/b2*16-11-,21-12?;. The number of aliphatic imine (C=N–C) groups is 2. The Balaban J connectivity index is 0.000000307. The van der Waals surface area contributed by atoms with Crippen molar-refractivity contribution in [2.75, 3.05) is 0 Å². The number of hydrogen-bond donors (Lipinski definition) is 0. The molecule has 4 aromatic carbocycles. The summed E-state index contributed by atoms with van der Waals surface area (Å²) in [4.78, 5) is 8.24. The predicted molar refractivity (Wildman–Crippen MR) is 157 cm³/mol. The van der Waals surface area contributed by atoms with E-state index in [9.17, 15) is 36.6 Å². The van der Waals surface area contributed by atoms with Crippen molar-refractivity contribution in [2.24, 2.45) is 9.98 Å². The number of benzene rings is 4. The molecule has 4 aromatic rings. The van der Waals surface area contributed by atoms with Crippen LogP contribution in [0.1, 0.15) is 36.1 Å². The Morgan fingerprint density at radius 3 is 1.07 bits per heavy atom. The fourth-order valence-electron chi connectivity index (χ4n) is 3.67. The van der Waals surface area contributed by atoms with Crippen LogP contribution in [0, 0.1) is 0 Å². The number of allylic oxidation sites excluding steroid dienone is 2. The predicted octanol–water partition coefficient (Wildman–Crippen LogP) is 8.40. The van der Waals surface area contributed by atoms with E-state index in [-0.39, 0.29) is 28.3 Å². The van der Waals surface area contributed by atoms with Gasteiger partial charge in [0.1, 0.15) is 0 Å². The molecule has 0 aliphatic rings. The van der Waals surface area contributed by atoms with Gasteiger partial charge in [0.25, 0.3) is 0 Å². The smallest absolute Gasteiger partial charge is 0.872 e. The zero-order valence-electron chi connectivity index (χ0n) is 23.9. The van der Waals surface area contributed by atoms with E-state index in [2.05, 4.69) is 9.98 Å². The van der Waals surface area contributed by atoms with Gasteiger partial charge in [-0.05, 0) is 85.7 Å². The summed E-state index contributed by atoms with van der Waals surface area (Å²) in [7, 11) is 0. The molecule has 0 N–H and O–H groups in total. The summed E-state index contributed by atoms with van der Waals surface area (Å²) < 4.78 is 74.7. The van der Waals surface area contributed by atoms with E-state index < -0.39 is 23.5 Å². The second-order valence-corrected chi connectivity index (χ2v) is 9.34. The Labute approximate surface area is 267 Å². The maximum absolute atomic E-state index is 12.5. The summed E-state index contributed by atoms with van der Waals surface area (Å²) in [5.74, 6) is -0.400. The van der Waals surface area contributed by atoms with Crippen molar-refractivity contribution < 1.29 is 53.3 Å². The summed E-state index contributed by atoms with van der Waals surface area (Å²) in [5, 5.41) is 23.9. The minimum atomic E-state index is -4.37. The molecule has 0 spiro atoms. The Hall–Kier alpha value is -4.61. The maximum Gasteiger partial charge on any atom is 2.00 e. The van der Waals surface area contributed by atoms with Gasteiger partial charge < -0.3 is 10.2 Å². The van der Waals surface area contributed by atoms with Gasteiger partial charge in [0.15, 0.2) is 0 Å². The number of rotatable bonds is 6. The molecule has 0 heterocycles. The molecule has 0 saturated carbocycles. The van der Waals surface area contributed by atoms with E-state index in [0.29, 0.717) is 33.9 Å². The first-order valence-corrected chi connectivity index (χ1v) is 13.1.